The van der Waals surface area contributed by atoms with Crippen molar-refractivity contribution < 1.29 is 4.74 Å². The lowest BCUT2D eigenvalue weighted by molar-refractivity contribution is 0.0230. The van der Waals surface area contributed by atoms with Crippen LogP contribution >= 0.6 is 22.7 Å². The molecule has 0 bridgehead atoms. The van der Waals surface area contributed by atoms with Crippen molar-refractivity contribution in [2.45, 2.75) is 104 Å². The number of thiophene rings is 2. The molecular weight excluding hydrogens is 404 g/mol. The van der Waals surface area contributed by atoms with Crippen molar-refractivity contribution in [2.24, 2.45) is 17.8 Å². The van der Waals surface area contributed by atoms with Gasteiger partial charge in [0.1, 0.15) is 11.4 Å². The summed E-state index contributed by atoms with van der Waals surface area (Å²) < 4.78 is 6.92. The van der Waals surface area contributed by atoms with Gasteiger partial charge >= 0.3 is 0 Å². The molecule has 2 aromatic rings. The normalized spacial score (nSPS) is 19.9. The maximum atomic E-state index is 6.92. The molecule has 3 heteroatoms. The van der Waals surface area contributed by atoms with Crippen LogP contribution < -0.4 is 4.74 Å². The first-order valence-corrected chi connectivity index (χ1v) is 14.1. The van der Waals surface area contributed by atoms with Crippen LogP contribution in [0.3, 0.4) is 0 Å². The largest absolute Gasteiger partial charge is 0.481 e. The predicted molar refractivity (Wildman–Crippen MR) is 135 cm³/mol. The van der Waals surface area contributed by atoms with Crippen LogP contribution in [-0.2, 0) is 5.60 Å². The average Bonchev–Trinajstić information content (AvgIpc) is 3.37. The van der Waals surface area contributed by atoms with E-state index >= 15 is 0 Å². The molecule has 2 aromatic heterocycles. The van der Waals surface area contributed by atoms with Crippen molar-refractivity contribution in [3.63, 3.8) is 0 Å². The molecule has 1 nitrogen and oxygen atoms in total. The molecule has 0 radical (unpaired) electrons. The quantitative estimate of drug-likeness (QED) is 0.278. The summed E-state index contributed by atoms with van der Waals surface area (Å²) in [5.41, 5.74) is 1.33. The molecule has 0 aromatic carbocycles. The number of ether oxygens (including phenoxy) is 1. The molecular formula is C27H42OS2. The lowest BCUT2D eigenvalue weighted by atomic mass is 9.77. The van der Waals surface area contributed by atoms with Crippen LogP contribution in [0.15, 0.2) is 22.9 Å². The summed E-state index contributed by atoms with van der Waals surface area (Å²) in [6, 6.07) is 4.56. The molecule has 168 valence electrons. The van der Waals surface area contributed by atoms with Gasteiger partial charge in [0.2, 0.25) is 0 Å². The molecule has 0 aliphatic carbocycles. The Bertz CT molecular complexity index is 759. The molecule has 0 saturated heterocycles. The second-order valence-corrected chi connectivity index (χ2v) is 12.0. The molecule has 0 saturated carbocycles. The zero-order valence-corrected chi connectivity index (χ0v) is 21.5. The van der Waals surface area contributed by atoms with Crippen LogP contribution in [0.25, 0.3) is 9.75 Å². The summed E-state index contributed by atoms with van der Waals surface area (Å²) in [5, 5.41) is 4.48. The van der Waals surface area contributed by atoms with E-state index in [2.05, 4.69) is 57.5 Å². The highest BCUT2D eigenvalue weighted by Crippen LogP contribution is 2.54. The molecule has 30 heavy (non-hydrogen) atoms. The number of fused-ring (bicyclic) bond motifs is 3. The molecule has 0 N–H and O–H groups in total. The van der Waals surface area contributed by atoms with Crippen molar-refractivity contribution in [1.29, 1.82) is 0 Å². The summed E-state index contributed by atoms with van der Waals surface area (Å²) >= 11 is 3.74. The zero-order valence-electron chi connectivity index (χ0n) is 19.8. The van der Waals surface area contributed by atoms with Gasteiger partial charge in [-0.15, -0.1) is 22.7 Å². The highest BCUT2D eigenvalue weighted by Gasteiger charge is 2.43. The highest BCUT2D eigenvalue weighted by molar-refractivity contribution is 7.20. The first-order valence-electron chi connectivity index (χ1n) is 12.3. The first-order chi connectivity index (χ1) is 14.4. The van der Waals surface area contributed by atoms with Gasteiger partial charge < -0.3 is 4.74 Å². The Kier molecular flexibility index (Phi) is 8.89. The smallest absolute Gasteiger partial charge is 0.140 e. The number of hydrogen-bond acceptors (Lipinski definition) is 3. The molecule has 0 fully saturated rings. The molecule has 0 spiro atoms. The van der Waals surface area contributed by atoms with Gasteiger partial charge in [0.15, 0.2) is 0 Å². The standard InChI is InChI=1S/C27H42OS2/c1-6-7-11-22(5)19-27(16-13-21(4)12-9-8-10-20(2)3)23-14-17-29-25(23)26-24(28-27)15-18-30-26/h14-15,17-18,20-22H,6-13,16,19H2,1-5H3. The van der Waals surface area contributed by atoms with Gasteiger partial charge in [0, 0.05) is 5.56 Å². The number of hydrogen-bond donors (Lipinski definition) is 0. The fourth-order valence-corrected chi connectivity index (χ4v) is 6.97. The third kappa shape index (κ3) is 5.91. The maximum absolute atomic E-state index is 6.92. The molecule has 1 aliphatic heterocycles. The molecule has 0 amide bonds. The van der Waals surface area contributed by atoms with Gasteiger partial charge in [-0.25, -0.2) is 0 Å². The Morgan fingerprint density at radius 2 is 1.53 bits per heavy atom. The Hall–Kier alpha value is -0.800. The van der Waals surface area contributed by atoms with E-state index in [1.54, 1.807) is 0 Å². The number of rotatable bonds is 13. The van der Waals surface area contributed by atoms with Gasteiger partial charge in [-0.3, -0.25) is 0 Å². The Balaban J connectivity index is 1.72. The van der Waals surface area contributed by atoms with Crippen molar-refractivity contribution >= 4 is 22.7 Å². The van der Waals surface area contributed by atoms with Gasteiger partial charge in [-0.05, 0) is 59.9 Å². The van der Waals surface area contributed by atoms with Crippen molar-refractivity contribution in [1.82, 2.24) is 0 Å². The number of unbranched alkanes of at least 4 members (excludes halogenated alkanes) is 2. The lowest BCUT2D eigenvalue weighted by Crippen LogP contribution is -2.37. The zero-order chi connectivity index (χ0) is 21.6. The average molecular weight is 447 g/mol. The molecule has 3 atom stereocenters. The van der Waals surface area contributed by atoms with E-state index in [1.165, 1.54) is 66.7 Å². The molecule has 3 unspecified atom stereocenters. The Morgan fingerprint density at radius 1 is 0.833 bits per heavy atom. The summed E-state index contributed by atoms with van der Waals surface area (Å²) in [7, 11) is 0. The first kappa shape index (κ1) is 23.9. The van der Waals surface area contributed by atoms with E-state index in [-0.39, 0.29) is 5.60 Å². The van der Waals surface area contributed by atoms with Gasteiger partial charge in [0.05, 0.1) is 9.75 Å². The van der Waals surface area contributed by atoms with Crippen LogP contribution in [0.5, 0.6) is 5.75 Å². The second kappa shape index (κ2) is 11.2. The van der Waals surface area contributed by atoms with Gasteiger partial charge in [-0.2, -0.15) is 0 Å². The van der Waals surface area contributed by atoms with Crippen LogP contribution in [0.1, 0.15) is 104 Å². The minimum Gasteiger partial charge on any atom is -0.481 e. The topological polar surface area (TPSA) is 9.23 Å². The van der Waals surface area contributed by atoms with E-state index in [0.29, 0.717) is 5.92 Å². The van der Waals surface area contributed by atoms with Crippen molar-refractivity contribution in [2.75, 3.05) is 0 Å². The summed E-state index contributed by atoms with van der Waals surface area (Å²) in [5.74, 6) is 3.43. The summed E-state index contributed by atoms with van der Waals surface area (Å²) in [6.45, 7) is 11.9. The Labute approximate surface area is 193 Å². The van der Waals surface area contributed by atoms with Crippen LogP contribution in [0.2, 0.25) is 0 Å². The summed E-state index contributed by atoms with van der Waals surface area (Å²) in [6.07, 6.45) is 12.9. The minimum absolute atomic E-state index is 0.136. The van der Waals surface area contributed by atoms with E-state index in [9.17, 15) is 0 Å². The Morgan fingerprint density at radius 3 is 2.30 bits per heavy atom. The van der Waals surface area contributed by atoms with Gasteiger partial charge in [0.25, 0.3) is 0 Å². The SMILES string of the molecule is CCCCC(C)CC1(CCC(C)CCCCC(C)C)Oc2ccsc2-c2sccc21. The van der Waals surface area contributed by atoms with Crippen molar-refractivity contribution in [3.8, 4) is 15.5 Å². The fraction of sp³-hybridized carbons (Fsp3) is 0.704. The third-order valence-corrected chi connectivity index (χ3v) is 8.77. The van der Waals surface area contributed by atoms with Crippen LogP contribution in [0, 0.1) is 17.8 Å². The maximum Gasteiger partial charge on any atom is 0.140 e. The predicted octanol–water partition coefficient (Wildman–Crippen LogP) is 9.91. The molecule has 1 aliphatic rings. The monoisotopic (exact) mass is 446 g/mol. The fourth-order valence-electron chi connectivity index (χ4n) is 4.98. The minimum atomic E-state index is -0.136. The van der Waals surface area contributed by atoms with Crippen molar-refractivity contribution in [3.05, 3.63) is 28.5 Å². The lowest BCUT2D eigenvalue weighted by Gasteiger charge is -2.40. The molecule has 3 heterocycles. The van der Waals surface area contributed by atoms with E-state index in [4.69, 9.17) is 4.74 Å². The van der Waals surface area contributed by atoms with Crippen LogP contribution in [0.4, 0.5) is 0 Å². The second-order valence-electron chi connectivity index (χ2n) is 10.1. The van der Waals surface area contributed by atoms with E-state index in [0.717, 1.165) is 30.4 Å². The summed E-state index contributed by atoms with van der Waals surface area (Å²) in [4.78, 5) is 2.82. The highest BCUT2D eigenvalue weighted by atomic mass is 32.1. The molecule has 3 rings (SSSR count). The van der Waals surface area contributed by atoms with Gasteiger partial charge in [-0.1, -0.05) is 79.6 Å². The van der Waals surface area contributed by atoms with Crippen LogP contribution in [-0.4, -0.2) is 0 Å². The van der Waals surface area contributed by atoms with E-state index in [1.807, 2.05) is 22.7 Å². The van der Waals surface area contributed by atoms with E-state index < -0.39 is 0 Å². The third-order valence-electron chi connectivity index (χ3n) is 6.79.